The van der Waals surface area contributed by atoms with Crippen LogP contribution in [0.4, 0.5) is 11.4 Å². The van der Waals surface area contributed by atoms with Crippen molar-refractivity contribution in [2.24, 2.45) is 0 Å². The summed E-state index contributed by atoms with van der Waals surface area (Å²) in [5.74, 6) is -0.510. The summed E-state index contributed by atoms with van der Waals surface area (Å²) in [6, 6.07) is 15.3. The Morgan fingerprint density at radius 3 is 2.04 bits per heavy atom. The maximum absolute atomic E-state index is 12.3. The van der Waals surface area contributed by atoms with Crippen LogP contribution >= 0.6 is 0 Å². The van der Waals surface area contributed by atoms with Crippen molar-refractivity contribution in [1.29, 1.82) is 0 Å². The highest BCUT2D eigenvalue weighted by molar-refractivity contribution is 6.09. The van der Waals surface area contributed by atoms with Crippen molar-refractivity contribution in [2.45, 2.75) is 33.1 Å². The van der Waals surface area contributed by atoms with Crippen LogP contribution in [0, 0.1) is 0 Å². The molecule has 0 aliphatic heterocycles. The van der Waals surface area contributed by atoms with Crippen LogP contribution in [0.25, 0.3) is 0 Å². The molecule has 0 bridgehead atoms. The number of nitrogens with zero attached hydrogens (tertiary/aromatic N) is 1. The molecule has 0 aromatic heterocycles. The summed E-state index contributed by atoms with van der Waals surface area (Å²) in [4.78, 5) is 26.2. The maximum Gasteiger partial charge on any atom is 0.236 e. The molecule has 2 rings (SSSR count). The first-order valence-corrected chi connectivity index (χ1v) is 8.29. The average Bonchev–Trinajstić information content (AvgIpc) is 2.61. The lowest BCUT2D eigenvalue weighted by atomic mass is 10.0. The van der Waals surface area contributed by atoms with Gasteiger partial charge < -0.3 is 10.2 Å². The summed E-state index contributed by atoms with van der Waals surface area (Å²) >= 11 is 0. The van der Waals surface area contributed by atoms with Gasteiger partial charge in [-0.15, -0.1) is 0 Å². The number of nitrogens with one attached hydrogen (secondary N) is 1. The van der Waals surface area contributed by atoms with Crippen LogP contribution in [0.1, 0.15) is 31.4 Å². The molecule has 0 aliphatic carbocycles. The van der Waals surface area contributed by atoms with Gasteiger partial charge in [0.15, 0.2) is 0 Å². The van der Waals surface area contributed by atoms with E-state index in [0.717, 1.165) is 35.3 Å². The first-order valence-electron chi connectivity index (χ1n) is 8.29. The Labute approximate surface area is 143 Å². The Kier molecular flexibility index (Phi) is 6.13. The van der Waals surface area contributed by atoms with E-state index < -0.39 is 0 Å². The van der Waals surface area contributed by atoms with Crippen molar-refractivity contribution in [1.82, 2.24) is 0 Å². The molecule has 0 spiro atoms. The van der Waals surface area contributed by atoms with E-state index in [1.54, 1.807) is 7.05 Å². The smallest absolute Gasteiger partial charge is 0.236 e. The van der Waals surface area contributed by atoms with Crippen LogP contribution in [0.5, 0.6) is 0 Å². The number of aryl methyl sites for hydroxylation is 2. The summed E-state index contributed by atoms with van der Waals surface area (Å²) in [6.07, 6.45) is 1.50. The van der Waals surface area contributed by atoms with Gasteiger partial charge in [0, 0.05) is 18.4 Å². The van der Waals surface area contributed by atoms with Crippen LogP contribution in [0.3, 0.4) is 0 Å². The molecule has 0 saturated carbocycles. The summed E-state index contributed by atoms with van der Waals surface area (Å²) in [5.41, 5.74) is 3.80. The lowest BCUT2D eigenvalue weighted by Crippen LogP contribution is -2.30. The molecular weight excluding hydrogens is 300 g/mol. The lowest BCUT2D eigenvalue weighted by molar-refractivity contribution is -0.125. The second-order valence-corrected chi connectivity index (χ2v) is 5.67. The van der Waals surface area contributed by atoms with E-state index in [9.17, 15) is 9.59 Å². The maximum atomic E-state index is 12.3. The van der Waals surface area contributed by atoms with Gasteiger partial charge >= 0.3 is 0 Å². The minimum atomic E-state index is -0.279. The minimum Gasteiger partial charge on any atom is -0.325 e. The fourth-order valence-corrected chi connectivity index (χ4v) is 2.64. The van der Waals surface area contributed by atoms with Gasteiger partial charge in [-0.05, 0) is 36.1 Å². The van der Waals surface area contributed by atoms with E-state index in [0.29, 0.717) is 0 Å². The van der Waals surface area contributed by atoms with Crippen molar-refractivity contribution in [3.05, 3.63) is 59.7 Å². The number of carbonyl (C=O) groups excluding carboxylic acids is 2. The molecule has 4 heteroatoms. The molecule has 2 aromatic rings. The van der Waals surface area contributed by atoms with Crippen LogP contribution in [-0.4, -0.2) is 18.9 Å². The number of para-hydroxylation sites is 2. The van der Waals surface area contributed by atoms with Crippen LogP contribution in [-0.2, 0) is 22.4 Å². The van der Waals surface area contributed by atoms with Gasteiger partial charge in [-0.2, -0.15) is 0 Å². The number of amides is 2. The molecule has 0 aliphatic rings. The molecule has 126 valence electrons. The number of anilines is 2. The molecular formula is C20H24N2O2. The van der Waals surface area contributed by atoms with Crippen LogP contribution in [0.2, 0.25) is 0 Å². The molecule has 2 aromatic carbocycles. The predicted octanol–water partition coefficient (Wildman–Crippen LogP) is 3.80. The van der Waals surface area contributed by atoms with Gasteiger partial charge in [0.25, 0.3) is 0 Å². The van der Waals surface area contributed by atoms with E-state index >= 15 is 0 Å². The number of hydrogen-bond acceptors (Lipinski definition) is 2. The second kappa shape index (κ2) is 8.29. The van der Waals surface area contributed by atoms with Crippen LogP contribution in [0.15, 0.2) is 48.5 Å². The Balaban J connectivity index is 2.07. The van der Waals surface area contributed by atoms with E-state index in [-0.39, 0.29) is 18.2 Å². The zero-order valence-corrected chi connectivity index (χ0v) is 14.5. The largest absolute Gasteiger partial charge is 0.325 e. The Morgan fingerprint density at radius 1 is 0.917 bits per heavy atom. The van der Waals surface area contributed by atoms with Crippen molar-refractivity contribution in [2.75, 3.05) is 17.3 Å². The van der Waals surface area contributed by atoms with Gasteiger partial charge in [0.2, 0.25) is 11.8 Å². The quantitative estimate of drug-likeness (QED) is 0.822. The predicted molar refractivity (Wildman–Crippen MR) is 98.3 cm³/mol. The summed E-state index contributed by atoms with van der Waals surface area (Å²) in [7, 11) is 1.68. The monoisotopic (exact) mass is 324 g/mol. The van der Waals surface area contributed by atoms with Crippen molar-refractivity contribution in [3.63, 3.8) is 0 Å². The van der Waals surface area contributed by atoms with Gasteiger partial charge in [-0.1, -0.05) is 50.2 Å². The third-order valence-corrected chi connectivity index (χ3v) is 4.09. The Morgan fingerprint density at radius 2 is 1.50 bits per heavy atom. The van der Waals surface area contributed by atoms with Crippen molar-refractivity contribution in [3.8, 4) is 0 Å². The highest BCUT2D eigenvalue weighted by Gasteiger charge is 2.17. The third kappa shape index (κ3) is 4.22. The van der Waals surface area contributed by atoms with E-state index in [1.807, 2.05) is 48.5 Å². The molecule has 0 fully saturated rings. The fraction of sp³-hybridized carbons (Fsp3) is 0.300. The first kappa shape index (κ1) is 17.7. The minimum absolute atomic E-state index is 0.174. The Bertz CT molecular complexity index is 689. The van der Waals surface area contributed by atoms with Gasteiger partial charge in [-0.25, -0.2) is 0 Å². The first-order chi connectivity index (χ1) is 11.6. The molecule has 0 saturated heterocycles. The molecule has 1 N–H and O–H groups in total. The number of hydrogen-bond donors (Lipinski definition) is 1. The molecule has 0 heterocycles. The SMILES string of the molecule is CCc1cccc(CC)c1NC(=O)CC(=O)N(C)c1ccccc1. The normalized spacial score (nSPS) is 10.3. The molecule has 0 unspecified atom stereocenters. The standard InChI is InChI=1S/C20H24N2O2/c1-4-15-10-9-11-16(5-2)20(15)21-18(23)14-19(24)22(3)17-12-7-6-8-13-17/h6-13H,4-5,14H2,1-3H3,(H,21,23). The van der Waals surface area contributed by atoms with E-state index in [2.05, 4.69) is 19.2 Å². The second-order valence-electron chi connectivity index (χ2n) is 5.67. The zero-order chi connectivity index (χ0) is 17.5. The average molecular weight is 324 g/mol. The number of carbonyl (C=O) groups is 2. The third-order valence-electron chi connectivity index (χ3n) is 4.09. The number of benzene rings is 2. The molecule has 4 nitrogen and oxygen atoms in total. The van der Waals surface area contributed by atoms with Crippen LogP contribution < -0.4 is 10.2 Å². The highest BCUT2D eigenvalue weighted by Crippen LogP contribution is 2.23. The van der Waals surface area contributed by atoms with Gasteiger partial charge in [0.1, 0.15) is 6.42 Å². The zero-order valence-electron chi connectivity index (χ0n) is 14.5. The molecule has 0 radical (unpaired) electrons. The molecule has 2 amide bonds. The summed E-state index contributed by atoms with van der Waals surface area (Å²) in [6.45, 7) is 4.11. The number of rotatable bonds is 6. The van der Waals surface area contributed by atoms with Gasteiger partial charge in [0.05, 0.1) is 0 Å². The van der Waals surface area contributed by atoms with E-state index in [4.69, 9.17) is 0 Å². The highest BCUT2D eigenvalue weighted by atomic mass is 16.2. The van der Waals surface area contributed by atoms with Gasteiger partial charge in [-0.3, -0.25) is 9.59 Å². The fourth-order valence-electron chi connectivity index (χ4n) is 2.64. The van der Waals surface area contributed by atoms with E-state index in [1.165, 1.54) is 4.90 Å². The van der Waals surface area contributed by atoms with Crippen molar-refractivity contribution >= 4 is 23.2 Å². The molecule has 0 atom stereocenters. The summed E-state index contributed by atoms with van der Waals surface area (Å²) < 4.78 is 0. The topological polar surface area (TPSA) is 49.4 Å². The van der Waals surface area contributed by atoms with Crippen molar-refractivity contribution < 1.29 is 9.59 Å². The lowest BCUT2D eigenvalue weighted by Gasteiger charge is -2.18. The summed E-state index contributed by atoms with van der Waals surface area (Å²) in [5, 5.41) is 2.93. The molecule has 24 heavy (non-hydrogen) atoms. The Hall–Kier alpha value is -2.62.